The second-order valence-electron chi connectivity index (χ2n) is 4.61. The number of hydrogen-bond acceptors (Lipinski definition) is 3. The molecule has 1 rings (SSSR count). The van der Waals surface area contributed by atoms with Crippen molar-refractivity contribution in [2.75, 3.05) is 19.8 Å². The summed E-state index contributed by atoms with van der Waals surface area (Å²) in [5.74, 6) is 0. The Hall–Kier alpha value is -0.393. The Morgan fingerprint density at radius 1 is 0.800 bits per heavy atom. The van der Waals surface area contributed by atoms with E-state index < -0.39 is 8.80 Å². The summed E-state index contributed by atoms with van der Waals surface area (Å²) in [5, 5.41) is 1.69. The van der Waals surface area contributed by atoms with Gasteiger partial charge in [0, 0.05) is 30.0 Å². The fourth-order valence-corrected chi connectivity index (χ4v) is 4.61. The number of rotatable bonds is 10. The smallest absolute Gasteiger partial charge is 0.370 e. The predicted octanol–water partition coefficient (Wildman–Crippen LogP) is 3.77. The zero-order valence-electron chi connectivity index (χ0n) is 12.7. The van der Waals surface area contributed by atoms with E-state index in [0.717, 1.165) is 24.4 Å². The highest BCUT2D eigenvalue weighted by atomic mass is 35.5. The summed E-state index contributed by atoms with van der Waals surface area (Å²) in [7, 11) is -2.82. The van der Waals surface area contributed by atoms with E-state index in [1.165, 1.54) is 0 Å². The van der Waals surface area contributed by atoms with Gasteiger partial charge in [0.15, 0.2) is 0 Å². The lowest BCUT2D eigenvalue weighted by molar-refractivity contribution is 0.0732. The van der Waals surface area contributed by atoms with Gasteiger partial charge in [-0.05, 0) is 31.4 Å². The van der Waals surface area contributed by atoms with E-state index in [9.17, 15) is 0 Å². The summed E-state index contributed by atoms with van der Waals surface area (Å²) in [6, 6.07) is 7.63. The summed E-state index contributed by atoms with van der Waals surface area (Å²) in [6.45, 7) is 8.18. The molecule has 0 bridgehead atoms. The Kier molecular flexibility index (Phi) is 8.41. The van der Waals surface area contributed by atoms with E-state index in [-0.39, 0.29) is 0 Å². The molecule has 0 spiro atoms. The largest absolute Gasteiger partial charge is 0.537 e. The van der Waals surface area contributed by atoms with Gasteiger partial charge < -0.3 is 13.3 Å². The zero-order valence-corrected chi connectivity index (χ0v) is 14.4. The molecule has 114 valence electrons. The molecule has 0 atom stereocenters. The number of hydrogen-bond donors (Lipinski definition) is 0. The molecular weight excluding hydrogens is 292 g/mol. The molecular formula is C15H25ClO3Si. The third-order valence-electron chi connectivity index (χ3n) is 2.69. The van der Waals surface area contributed by atoms with Crippen molar-refractivity contribution < 1.29 is 13.3 Å². The highest BCUT2D eigenvalue weighted by molar-refractivity contribution is 6.75. The van der Waals surface area contributed by atoms with Gasteiger partial charge in [0.1, 0.15) is 0 Å². The summed E-state index contributed by atoms with van der Waals surface area (Å²) in [6.07, 6.45) is 2.81. The Morgan fingerprint density at radius 2 is 1.20 bits per heavy atom. The molecule has 0 unspecified atom stereocenters. The molecule has 0 radical (unpaired) electrons. The molecule has 0 aliphatic rings. The van der Waals surface area contributed by atoms with E-state index in [2.05, 4.69) is 20.8 Å². The second-order valence-corrected chi connectivity index (χ2v) is 7.60. The van der Waals surface area contributed by atoms with Crippen LogP contribution in [0, 0.1) is 0 Å². The third kappa shape index (κ3) is 5.18. The normalized spacial score (nSPS) is 11.8. The fraction of sp³-hybridized carbons (Fsp3) is 0.600. The maximum atomic E-state index is 6.06. The number of benzene rings is 1. The zero-order chi connectivity index (χ0) is 14.8. The monoisotopic (exact) mass is 316 g/mol. The second kappa shape index (κ2) is 9.53. The van der Waals surface area contributed by atoms with Gasteiger partial charge in [-0.2, -0.15) is 0 Å². The fourth-order valence-electron chi connectivity index (χ4n) is 1.74. The molecule has 0 aliphatic heterocycles. The van der Waals surface area contributed by atoms with Gasteiger partial charge in [0.05, 0.1) is 0 Å². The molecule has 20 heavy (non-hydrogen) atoms. The van der Waals surface area contributed by atoms with Crippen LogP contribution in [0.5, 0.6) is 0 Å². The molecule has 0 N–H and O–H groups in total. The van der Waals surface area contributed by atoms with Crippen molar-refractivity contribution in [2.24, 2.45) is 0 Å². The first-order valence-corrected chi connectivity index (χ1v) is 9.46. The number of halogens is 1. The molecule has 1 aromatic carbocycles. The van der Waals surface area contributed by atoms with Crippen LogP contribution in [0.2, 0.25) is 5.02 Å². The molecule has 0 saturated carbocycles. The van der Waals surface area contributed by atoms with Crippen LogP contribution in [-0.4, -0.2) is 28.6 Å². The quantitative estimate of drug-likeness (QED) is 0.615. The molecule has 3 nitrogen and oxygen atoms in total. The van der Waals surface area contributed by atoms with Crippen molar-refractivity contribution in [1.82, 2.24) is 0 Å². The van der Waals surface area contributed by atoms with Crippen LogP contribution in [0.4, 0.5) is 0 Å². The lowest BCUT2D eigenvalue weighted by Crippen LogP contribution is -2.57. The average molecular weight is 317 g/mol. The van der Waals surface area contributed by atoms with Crippen LogP contribution in [0.3, 0.4) is 0 Å². The van der Waals surface area contributed by atoms with Gasteiger partial charge in [-0.1, -0.05) is 44.5 Å². The summed E-state index contributed by atoms with van der Waals surface area (Å²) in [4.78, 5) is 0. The predicted molar refractivity (Wildman–Crippen MR) is 85.6 cm³/mol. The molecule has 0 aromatic heterocycles. The molecule has 0 fully saturated rings. The molecule has 5 heteroatoms. The minimum Gasteiger partial charge on any atom is -0.370 e. The van der Waals surface area contributed by atoms with Gasteiger partial charge in [-0.15, -0.1) is 0 Å². The first-order chi connectivity index (χ1) is 9.68. The van der Waals surface area contributed by atoms with Gasteiger partial charge >= 0.3 is 8.80 Å². The van der Waals surface area contributed by atoms with Crippen molar-refractivity contribution in [3.05, 3.63) is 29.3 Å². The van der Waals surface area contributed by atoms with E-state index in [0.29, 0.717) is 24.8 Å². The molecule has 0 aliphatic carbocycles. The topological polar surface area (TPSA) is 27.7 Å². The van der Waals surface area contributed by atoms with Crippen LogP contribution in [0.25, 0.3) is 0 Å². The summed E-state index contributed by atoms with van der Waals surface area (Å²) < 4.78 is 18.2. The minimum atomic E-state index is -2.82. The van der Waals surface area contributed by atoms with Gasteiger partial charge in [0.25, 0.3) is 0 Å². The molecule has 0 saturated heterocycles. The van der Waals surface area contributed by atoms with Crippen molar-refractivity contribution in [2.45, 2.75) is 40.0 Å². The van der Waals surface area contributed by atoms with E-state index in [1.54, 1.807) is 0 Å². The highest BCUT2D eigenvalue weighted by Gasteiger charge is 2.43. The standard InChI is InChI=1S/C15H25ClO3Si/c1-4-11-17-20(18-12-5-2,19-13-6-3)15-9-7-14(16)8-10-15/h7-10H,4-6,11-13H2,1-3H3. The first kappa shape index (κ1) is 17.7. The minimum absolute atomic E-state index is 0.641. The van der Waals surface area contributed by atoms with Crippen molar-refractivity contribution in [3.8, 4) is 0 Å². The maximum absolute atomic E-state index is 6.06. The third-order valence-corrected chi connectivity index (χ3v) is 5.73. The summed E-state index contributed by atoms with van der Waals surface area (Å²) in [5.41, 5.74) is 0. The van der Waals surface area contributed by atoms with Crippen molar-refractivity contribution in [3.63, 3.8) is 0 Å². The highest BCUT2D eigenvalue weighted by Crippen LogP contribution is 2.15. The van der Waals surface area contributed by atoms with Gasteiger partial charge in [0.2, 0.25) is 0 Å². The Bertz CT molecular complexity index is 348. The van der Waals surface area contributed by atoms with E-state index >= 15 is 0 Å². The van der Waals surface area contributed by atoms with Crippen LogP contribution >= 0.6 is 11.6 Å². The van der Waals surface area contributed by atoms with Crippen LogP contribution in [-0.2, 0) is 13.3 Å². The van der Waals surface area contributed by atoms with E-state index in [4.69, 9.17) is 24.9 Å². The van der Waals surface area contributed by atoms with Crippen LogP contribution in [0.15, 0.2) is 24.3 Å². The Balaban J connectivity index is 3.00. The molecule has 0 heterocycles. The van der Waals surface area contributed by atoms with Crippen LogP contribution in [0.1, 0.15) is 40.0 Å². The average Bonchev–Trinajstić information content (AvgIpc) is 2.48. The van der Waals surface area contributed by atoms with E-state index in [1.807, 2.05) is 24.3 Å². The SMILES string of the molecule is CCCO[Si](OCCC)(OCCC)c1ccc(Cl)cc1. The Morgan fingerprint density at radius 3 is 1.55 bits per heavy atom. The maximum Gasteiger partial charge on any atom is 0.537 e. The van der Waals surface area contributed by atoms with Crippen molar-refractivity contribution >= 4 is 25.6 Å². The van der Waals surface area contributed by atoms with Crippen molar-refractivity contribution in [1.29, 1.82) is 0 Å². The van der Waals surface area contributed by atoms with Crippen LogP contribution < -0.4 is 5.19 Å². The lowest BCUT2D eigenvalue weighted by atomic mass is 10.4. The Labute approximate surface area is 128 Å². The molecule has 0 amide bonds. The summed E-state index contributed by atoms with van der Waals surface area (Å²) >= 11 is 5.97. The van der Waals surface area contributed by atoms with Gasteiger partial charge in [-0.25, -0.2) is 0 Å². The first-order valence-electron chi connectivity index (χ1n) is 7.36. The lowest BCUT2D eigenvalue weighted by Gasteiger charge is -2.29. The molecule has 1 aromatic rings. The van der Waals surface area contributed by atoms with Gasteiger partial charge in [-0.3, -0.25) is 0 Å².